The Bertz CT molecular complexity index is 471. The molecule has 1 saturated heterocycles. The van der Waals surface area contributed by atoms with Crippen LogP contribution in [0.4, 0.5) is 4.39 Å². The molecule has 1 aliphatic rings. The molecule has 1 aromatic carbocycles. The minimum atomic E-state index is -0.344. The average Bonchev–Trinajstić information content (AvgIpc) is 2.41. The minimum Gasteiger partial charge on any atom is -0.506 e. The third-order valence-electron chi connectivity index (χ3n) is 3.40. The van der Waals surface area contributed by atoms with Gasteiger partial charge in [-0.25, -0.2) is 4.39 Å². The molecule has 7 heteroatoms. The first-order chi connectivity index (χ1) is 9.13. The predicted octanol–water partition coefficient (Wildman–Crippen LogP) is 3.66. The number of phenols is 1. The summed E-state index contributed by atoms with van der Waals surface area (Å²) in [5, 5.41) is 13.4. The number of hydrogen-bond acceptors (Lipinski definition) is 3. The third kappa shape index (κ3) is 5.11. The van der Waals surface area contributed by atoms with Gasteiger partial charge in [-0.15, -0.1) is 31.4 Å². The van der Waals surface area contributed by atoms with E-state index in [2.05, 4.69) is 32.7 Å². The van der Waals surface area contributed by atoms with Crippen LogP contribution >= 0.6 is 40.7 Å². The lowest BCUT2D eigenvalue weighted by Crippen LogP contribution is -2.45. The summed E-state index contributed by atoms with van der Waals surface area (Å²) in [6.07, 6.45) is 2.49. The highest BCUT2D eigenvalue weighted by Gasteiger charge is 2.25. The molecule has 0 amide bonds. The molecule has 1 heterocycles. The van der Waals surface area contributed by atoms with Crippen LogP contribution in [0.1, 0.15) is 18.0 Å². The number of rotatable bonds is 4. The number of nitrogens with one attached hydrogen (secondary N) is 1. The van der Waals surface area contributed by atoms with Gasteiger partial charge in [0.15, 0.2) is 0 Å². The fourth-order valence-electron chi connectivity index (χ4n) is 2.46. The van der Waals surface area contributed by atoms with Crippen molar-refractivity contribution in [3.8, 4) is 5.75 Å². The SMILES string of the molecule is C=CC[C@H](c1cc(F)cc(Br)c1O)N1CCNCC1.Cl.Cl. The van der Waals surface area contributed by atoms with Gasteiger partial charge in [-0.3, -0.25) is 4.90 Å². The van der Waals surface area contributed by atoms with Crippen molar-refractivity contribution in [2.24, 2.45) is 0 Å². The molecule has 0 saturated carbocycles. The zero-order valence-electron chi connectivity index (χ0n) is 11.5. The quantitative estimate of drug-likeness (QED) is 0.755. The highest BCUT2D eigenvalue weighted by molar-refractivity contribution is 9.10. The van der Waals surface area contributed by atoms with Crippen LogP contribution in [0.5, 0.6) is 5.75 Å². The molecule has 1 fully saturated rings. The van der Waals surface area contributed by atoms with Crippen LogP contribution in [0, 0.1) is 5.82 Å². The minimum absolute atomic E-state index is 0. The van der Waals surface area contributed by atoms with E-state index >= 15 is 0 Å². The molecule has 1 aliphatic heterocycles. The monoisotopic (exact) mass is 400 g/mol. The van der Waals surface area contributed by atoms with E-state index in [1.165, 1.54) is 12.1 Å². The topological polar surface area (TPSA) is 35.5 Å². The molecule has 0 aromatic heterocycles. The molecule has 3 nitrogen and oxygen atoms in total. The lowest BCUT2D eigenvalue weighted by molar-refractivity contribution is 0.171. The summed E-state index contributed by atoms with van der Waals surface area (Å²) >= 11 is 3.19. The van der Waals surface area contributed by atoms with E-state index in [1.54, 1.807) is 0 Å². The van der Waals surface area contributed by atoms with Gasteiger partial charge >= 0.3 is 0 Å². The smallest absolute Gasteiger partial charge is 0.134 e. The first-order valence-electron chi connectivity index (χ1n) is 6.37. The zero-order valence-corrected chi connectivity index (χ0v) is 14.7. The van der Waals surface area contributed by atoms with Gasteiger partial charge < -0.3 is 10.4 Å². The molecule has 2 rings (SSSR count). The molecule has 1 atom stereocenters. The van der Waals surface area contributed by atoms with Gasteiger partial charge in [0.25, 0.3) is 0 Å². The molecule has 0 aliphatic carbocycles. The summed E-state index contributed by atoms with van der Waals surface area (Å²) in [4.78, 5) is 2.25. The van der Waals surface area contributed by atoms with Crippen molar-refractivity contribution < 1.29 is 9.50 Å². The molecule has 0 bridgehead atoms. The number of benzene rings is 1. The summed E-state index contributed by atoms with van der Waals surface area (Å²) in [5.74, 6) is -0.226. The van der Waals surface area contributed by atoms with E-state index in [-0.39, 0.29) is 42.4 Å². The second-order valence-corrected chi connectivity index (χ2v) is 5.51. The van der Waals surface area contributed by atoms with E-state index in [0.717, 1.165) is 26.2 Å². The Morgan fingerprint density at radius 1 is 1.38 bits per heavy atom. The molecule has 2 N–H and O–H groups in total. The summed E-state index contributed by atoms with van der Waals surface area (Å²) in [6, 6.07) is 2.66. The van der Waals surface area contributed by atoms with Crippen molar-refractivity contribution in [3.05, 3.63) is 40.6 Å². The van der Waals surface area contributed by atoms with Crippen LogP contribution in [-0.4, -0.2) is 36.2 Å². The standard InChI is InChI=1S/C14H18BrFN2O.2ClH/c1-2-3-13(18-6-4-17-5-7-18)11-8-10(16)9-12(15)14(11)19;;/h2,8-9,13,17,19H,1,3-7H2;2*1H/t13-;;/m1../s1. The lowest BCUT2D eigenvalue weighted by Gasteiger charge is -2.35. The second kappa shape index (κ2) is 9.64. The van der Waals surface area contributed by atoms with Crippen LogP contribution in [0.2, 0.25) is 0 Å². The van der Waals surface area contributed by atoms with Crippen molar-refractivity contribution in [2.75, 3.05) is 26.2 Å². The van der Waals surface area contributed by atoms with E-state index < -0.39 is 0 Å². The Balaban J connectivity index is 0.00000200. The van der Waals surface area contributed by atoms with Gasteiger partial charge in [0.05, 0.1) is 4.47 Å². The average molecular weight is 402 g/mol. The zero-order chi connectivity index (χ0) is 13.8. The maximum atomic E-state index is 13.6. The molecule has 0 radical (unpaired) electrons. The van der Waals surface area contributed by atoms with E-state index in [9.17, 15) is 9.50 Å². The predicted molar refractivity (Wildman–Crippen MR) is 92.3 cm³/mol. The Morgan fingerprint density at radius 3 is 2.57 bits per heavy atom. The molecular weight excluding hydrogens is 382 g/mol. The third-order valence-corrected chi connectivity index (χ3v) is 4.00. The first kappa shape index (κ1) is 20.7. The number of nitrogens with zero attached hydrogens (tertiary/aromatic N) is 1. The van der Waals surface area contributed by atoms with Gasteiger partial charge in [-0.2, -0.15) is 0 Å². The van der Waals surface area contributed by atoms with Crippen molar-refractivity contribution in [1.29, 1.82) is 0 Å². The summed E-state index contributed by atoms with van der Waals surface area (Å²) in [7, 11) is 0. The summed E-state index contributed by atoms with van der Waals surface area (Å²) in [6.45, 7) is 7.34. The Labute approximate surface area is 145 Å². The molecule has 1 aromatic rings. The van der Waals surface area contributed by atoms with Gasteiger partial charge in [0, 0.05) is 37.8 Å². The molecule has 0 unspecified atom stereocenters. The highest BCUT2D eigenvalue weighted by Crippen LogP contribution is 2.37. The number of aromatic hydroxyl groups is 1. The van der Waals surface area contributed by atoms with Crippen LogP contribution in [0.25, 0.3) is 0 Å². The van der Waals surface area contributed by atoms with Crippen molar-refractivity contribution >= 4 is 40.7 Å². The van der Waals surface area contributed by atoms with Gasteiger partial charge in [0.1, 0.15) is 11.6 Å². The first-order valence-corrected chi connectivity index (χ1v) is 7.16. The summed E-state index contributed by atoms with van der Waals surface area (Å²) < 4.78 is 14.0. The fraction of sp³-hybridized carbons (Fsp3) is 0.429. The van der Waals surface area contributed by atoms with Gasteiger partial charge in [0.2, 0.25) is 0 Å². The Kier molecular flexibility index (Phi) is 9.49. The van der Waals surface area contributed by atoms with Gasteiger partial charge in [-0.05, 0) is 34.5 Å². The van der Waals surface area contributed by atoms with Crippen LogP contribution in [0.3, 0.4) is 0 Å². The second-order valence-electron chi connectivity index (χ2n) is 4.65. The largest absolute Gasteiger partial charge is 0.506 e. The molecule has 120 valence electrons. The molecule has 0 spiro atoms. The number of hydrogen-bond donors (Lipinski definition) is 2. The van der Waals surface area contributed by atoms with E-state index in [1.807, 2.05) is 6.08 Å². The highest BCUT2D eigenvalue weighted by atomic mass is 79.9. The lowest BCUT2D eigenvalue weighted by atomic mass is 10.00. The van der Waals surface area contributed by atoms with Gasteiger partial charge in [-0.1, -0.05) is 6.08 Å². The summed E-state index contributed by atoms with van der Waals surface area (Å²) in [5.41, 5.74) is 0.619. The normalized spacial score (nSPS) is 16.5. The number of piperazine rings is 1. The van der Waals surface area contributed by atoms with Crippen LogP contribution < -0.4 is 5.32 Å². The van der Waals surface area contributed by atoms with E-state index in [4.69, 9.17) is 0 Å². The fourth-order valence-corrected chi connectivity index (χ4v) is 2.91. The maximum absolute atomic E-state index is 13.6. The number of halogens is 4. The number of phenolic OH excluding ortho intramolecular Hbond substituents is 1. The Hall–Kier alpha value is -0.330. The van der Waals surface area contributed by atoms with Crippen LogP contribution in [-0.2, 0) is 0 Å². The van der Waals surface area contributed by atoms with Crippen molar-refractivity contribution in [2.45, 2.75) is 12.5 Å². The molecular formula is C14H20BrCl2FN2O. The van der Waals surface area contributed by atoms with Crippen molar-refractivity contribution in [3.63, 3.8) is 0 Å². The Morgan fingerprint density at radius 2 is 2.00 bits per heavy atom. The maximum Gasteiger partial charge on any atom is 0.134 e. The molecule has 21 heavy (non-hydrogen) atoms. The van der Waals surface area contributed by atoms with Crippen LogP contribution in [0.15, 0.2) is 29.3 Å². The van der Waals surface area contributed by atoms with Crippen molar-refractivity contribution in [1.82, 2.24) is 10.2 Å². The van der Waals surface area contributed by atoms with E-state index in [0.29, 0.717) is 16.5 Å².